The molecular formula is C14H17N3O4S. The van der Waals surface area contributed by atoms with Crippen molar-refractivity contribution in [3.8, 4) is 0 Å². The summed E-state index contributed by atoms with van der Waals surface area (Å²) in [6.07, 6.45) is 0. The van der Waals surface area contributed by atoms with Crippen LogP contribution in [-0.2, 0) is 10.0 Å². The molecule has 0 saturated carbocycles. The summed E-state index contributed by atoms with van der Waals surface area (Å²) in [6, 6.07) is 6.06. The van der Waals surface area contributed by atoms with Gasteiger partial charge in [0.2, 0.25) is 15.8 Å². The SMILES string of the molecule is Cc1cc(C(=O)Nc2cc(S(=O)(=O)N(C)C)ccc2C)on1. The number of nitrogens with one attached hydrogen (secondary N) is 1. The molecule has 2 aromatic rings. The van der Waals surface area contributed by atoms with Crippen LogP contribution >= 0.6 is 0 Å². The average molecular weight is 323 g/mol. The van der Waals surface area contributed by atoms with Crippen molar-refractivity contribution in [2.24, 2.45) is 0 Å². The van der Waals surface area contributed by atoms with Gasteiger partial charge in [0, 0.05) is 25.8 Å². The molecule has 2 rings (SSSR count). The number of aryl methyl sites for hydroxylation is 2. The van der Waals surface area contributed by atoms with Crippen LogP contribution in [0, 0.1) is 13.8 Å². The number of anilines is 1. The maximum atomic E-state index is 12.1. The zero-order valence-electron chi connectivity index (χ0n) is 12.7. The molecule has 1 amide bonds. The van der Waals surface area contributed by atoms with Gasteiger partial charge in [-0.05, 0) is 31.5 Å². The van der Waals surface area contributed by atoms with Crippen LogP contribution in [0.15, 0.2) is 33.7 Å². The number of carbonyl (C=O) groups excluding carboxylic acids is 1. The normalized spacial score (nSPS) is 11.7. The fourth-order valence-corrected chi connectivity index (χ4v) is 2.69. The lowest BCUT2D eigenvalue weighted by Gasteiger charge is -2.14. The summed E-state index contributed by atoms with van der Waals surface area (Å²) >= 11 is 0. The van der Waals surface area contributed by atoms with Crippen molar-refractivity contribution in [2.45, 2.75) is 18.7 Å². The van der Waals surface area contributed by atoms with E-state index in [-0.39, 0.29) is 10.7 Å². The van der Waals surface area contributed by atoms with Gasteiger partial charge >= 0.3 is 0 Å². The molecule has 0 unspecified atom stereocenters. The van der Waals surface area contributed by atoms with E-state index in [2.05, 4.69) is 10.5 Å². The van der Waals surface area contributed by atoms with Crippen LogP contribution in [0.1, 0.15) is 21.8 Å². The Balaban J connectivity index is 2.34. The Bertz CT molecular complexity index is 809. The van der Waals surface area contributed by atoms with Crippen LogP contribution < -0.4 is 5.32 Å². The fraction of sp³-hybridized carbons (Fsp3) is 0.286. The van der Waals surface area contributed by atoms with E-state index in [0.29, 0.717) is 11.4 Å². The quantitative estimate of drug-likeness (QED) is 0.926. The Kier molecular flexibility index (Phi) is 4.34. The van der Waals surface area contributed by atoms with Gasteiger partial charge in [0.15, 0.2) is 0 Å². The lowest BCUT2D eigenvalue weighted by atomic mass is 10.2. The third-order valence-corrected chi connectivity index (χ3v) is 4.90. The second-order valence-electron chi connectivity index (χ2n) is 5.05. The number of nitrogens with zero attached hydrogens (tertiary/aromatic N) is 2. The number of aromatic nitrogens is 1. The second kappa shape index (κ2) is 5.90. The number of rotatable bonds is 4. The summed E-state index contributed by atoms with van der Waals surface area (Å²) in [7, 11) is -0.668. The molecule has 0 saturated heterocycles. The number of amides is 1. The van der Waals surface area contributed by atoms with E-state index in [9.17, 15) is 13.2 Å². The van der Waals surface area contributed by atoms with Gasteiger partial charge in [-0.3, -0.25) is 4.79 Å². The van der Waals surface area contributed by atoms with Crippen LogP contribution in [0.25, 0.3) is 0 Å². The molecule has 7 nitrogen and oxygen atoms in total. The van der Waals surface area contributed by atoms with E-state index < -0.39 is 15.9 Å². The van der Waals surface area contributed by atoms with Crippen LogP contribution in [0.2, 0.25) is 0 Å². The largest absolute Gasteiger partial charge is 0.351 e. The smallest absolute Gasteiger partial charge is 0.294 e. The predicted octanol–water partition coefficient (Wildman–Crippen LogP) is 1.79. The van der Waals surface area contributed by atoms with Crippen LogP contribution in [-0.4, -0.2) is 37.9 Å². The summed E-state index contributed by atoms with van der Waals surface area (Å²) in [6.45, 7) is 3.48. The molecule has 1 aromatic carbocycles. The van der Waals surface area contributed by atoms with Gasteiger partial charge in [0.25, 0.3) is 5.91 Å². The van der Waals surface area contributed by atoms with Gasteiger partial charge in [-0.1, -0.05) is 11.2 Å². The molecule has 0 bridgehead atoms. The zero-order chi connectivity index (χ0) is 16.5. The topological polar surface area (TPSA) is 92.5 Å². The standard InChI is InChI=1S/C14H17N3O4S/c1-9-5-6-11(22(19,20)17(3)4)8-12(9)15-14(18)13-7-10(2)16-21-13/h5-8H,1-4H3,(H,15,18). The molecule has 0 fully saturated rings. The molecule has 1 N–H and O–H groups in total. The van der Waals surface area contributed by atoms with Crippen LogP contribution in [0.4, 0.5) is 5.69 Å². The minimum Gasteiger partial charge on any atom is -0.351 e. The van der Waals surface area contributed by atoms with E-state index in [4.69, 9.17) is 4.52 Å². The van der Waals surface area contributed by atoms with Gasteiger partial charge in [0.05, 0.1) is 10.6 Å². The minimum absolute atomic E-state index is 0.0674. The Morgan fingerprint density at radius 2 is 1.91 bits per heavy atom. The lowest BCUT2D eigenvalue weighted by Crippen LogP contribution is -2.22. The van der Waals surface area contributed by atoms with Crippen molar-refractivity contribution < 1.29 is 17.7 Å². The molecule has 118 valence electrons. The maximum Gasteiger partial charge on any atom is 0.294 e. The Labute approximate surface area is 129 Å². The molecule has 1 aromatic heterocycles. The van der Waals surface area contributed by atoms with Gasteiger partial charge < -0.3 is 9.84 Å². The number of carbonyl (C=O) groups is 1. The number of sulfonamides is 1. The van der Waals surface area contributed by atoms with Crippen LogP contribution in [0.5, 0.6) is 0 Å². The number of hydrogen-bond donors (Lipinski definition) is 1. The number of benzene rings is 1. The highest BCUT2D eigenvalue weighted by molar-refractivity contribution is 7.89. The molecule has 0 aliphatic carbocycles. The highest BCUT2D eigenvalue weighted by Crippen LogP contribution is 2.22. The van der Waals surface area contributed by atoms with Crippen LogP contribution in [0.3, 0.4) is 0 Å². The third kappa shape index (κ3) is 3.18. The molecule has 0 radical (unpaired) electrons. The van der Waals surface area contributed by atoms with E-state index >= 15 is 0 Å². The van der Waals surface area contributed by atoms with Crippen molar-refractivity contribution in [1.82, 2.24) is 9.46 Å². The van der Waals surface area contributed by atoms with Crippen molar-refractivity contribution in [2.75, 3.05) is 19.4 Å². The first-order valence-electron chi connectivity index (χ1n) is 6.49. The monoisotopic (exact) mass is 323 g/mol. The zero-order valence-corrected chi connectivity index (χ0v) is 13.6. The molecule has 0 spiro atoms. The van der Waals surface area contributed by atoms with E-state index in [0.717, 1.165) is 9.87 Å². The Morgan fingerprint density at radius 3 is 2.45 bits per heavy atom. The van der Waals surface area contributed by atoms with E-state index in [1.54, 1.807) is 19.9 Å². The Hall–Kier alpha value is -2.19. The molecule has 0 aliphatic heterocycles. The summed E-state index contributed by atoms with van der Waals surface area (Å²) in [5.41, 5.74) is 1.73. The first-order chi connectivity index (χ1) is 10.2. The maximum absolute atomic E-state index is 12.1. The minimum atomic E-state index is -3.57. The van der Waals surface area contributed by atoms with Crippen molar-refractivity contribution in [1.29, 1.82) is 0 Å². The van der Waals surface area contributed by atoms with Crippen molar-refractivity contribution >= 4 is 21.6 Å². The highest BCUT2D eigenvalue weighted by Gasteiger charge is 2.19. The summed E-state index contributed by atoms with van der Waals surface area (Å²) in [5, 5.41) is 6.28. The molecular weight excluding hydrogens is 306 g/mol. The van der Waals surface area contributed by atoms with Crippen molar-refractivity contribution in [3.05, 3.63) is 41.3 Å². The highest BCUT2D eigenvalue weighted by atomic mass is 32.2. The number of hydrogen-bond acceptors (Lipinski definition) is 5. The van der Waals surface area contributed by atoms with E-state index in [1.807, 2.05) is 0 Å². The average Bonchev–Trinajstić information content (AvgIpc) is 2.87. The molecule has 0 aliphatic rings. The van der Waals surface area contributed by atoms with Gasteiger partial charge in [-0.2, -0.15) is 0 Å². The van der Waals surface area contributed by atoms with E-state index in [1.165, 1.54) is 32.3 Å². The first kappa shape index (κ1) is 16.2. The summed E-state index contributed by atoms with van der Waals surface area (Å²) in [4.78, 5) is 12.2. The van der Waals surface area contributed by atoms with Crippen molar-refractivity contribution in [3.63, 3.8) is 0 Å². The summed E-state index contributed by atoms with van der Waals surface area (Å²) < 4.78 is 30.3. The van der Waals surface area contributed by atoms with Gasteiger partial charge in [-0.25, -0.2) is 12.7 Å². The summed E-state index contributed by atoms with van der Waals surface area (Å²) in [5.74, 6) is -0.416. The molecule has 22 heavy (non-hydrogen) atoms. The molecule has 8 heteroatoms. The van der Waals surface area contributed by atoms with Gasteiger partial charge in [0.1, 0.15) is 0 Å². The molecule has 1 heterocycles. The Morgan fingerprint density at radius 1 is 1.23 bits per heavy atom. The lowest BCUT2D eigenvalue weighted by molar-refractivity contribution is 0.0987. The second-order valence-corrected chi connectivity index (χ2v) is 7.20. The predicted molar refractivity (Wildman–Crippen MR) is 81.2 cm³/mol. The fourth-order valence-electron chi connectivity index (χ4n) is 1.76. The third-order valence-electron chi connectivity index (χ3n) is 3.09. The molecule has 0 atom stereocenters. The van der Waals surface area contributed by atoms with Gasteiger partial charge in [-0.15, -0.1) is 0 Å². The first-order valence-corrected chi connectivity index (χ1v) is 7.93.